The van der Waals surface area contributed by atoms with Crippen LogP contribution in [0.4, 0.5) is 4.79 Å². The lowest BCUT2D eigenvalue weighted by atomic mass is 9.85. The van der Waals surface area contributed by atoms with E-state index in [4.69, 9.17) is 42.9 Å². The van der Waals surface area contributed by atoms with Gasteiger partial charge in [0.15, 0.2) is 15.5 Å². The van der Waals surface area contributed by atoms with Gasteiger partial charge in [-0.1, -0.05) is 84.7 Å². The zero-order valence-corrected chi connectivity index (χ0v) is 52.3. The first-order valence-corrected chi connectivity index (χ1v) is 31.1. The molecule has 0 bridgehead atoms. The van der Waals surface area contributed by atoms with Crippen LogP contribution in [0.5, 0.6) is 17.2 Å². The van der Waals surface area contributed by atoms with E-state index < -0.39 is 84.8 Å². The minimum Gasteiger partial charge on any atom is -0.497 e. The highest BCUT2D eigenvalue weighted by Crippen LogP contribution is 2.43. The number of aliphatic hydroxyl groups excluding tert-OH is 7. The minimum atomic E-state index is -1.16. The summed E-state index contributed by atoms with van der Waals surface area (Å²) in [6, 6.07) is 21.9. The Hall–Kier alpha value is -4.71. The highest BCUT2D eigenvalue weighted by atomic mass is 32.2. The molecule has 18 atom stereocenters. The number of nitrogens with one attached hydrogen (secondary N) is 2. The molecule has 470 valence electrons. The molecule has 6 aliphatic rings. The highest BCUT2D eigenvalue weighted by Gasteiger charge is 2.53. The molecule has 25 heteroatoms. The number of methoxy groups -OCH3 is 3. The van der Waals surface area contributed by atoms with E-state index in [9.17, 15) is 40.5 Å². The summed E-state index contributed by atoms with van der Waals surface area (Å²) in [5.74, 6) is 2.25. The number of amidine groups is 3. The van der Waals surface area contributed by atoms with Gasteiger partial charge >= 0.3 is 6.09 Å². The molecule has 0 aliphatic carbocycles. The highest BCUT2D eigenvalue weighted by molar-refractivity contribution is 8.15. The van der Waals surface area contributed by atoms with E-state index in [2.05, 4.69) is 27.2 Å². The number of ether oxygens (including phenoxy) is 8. The van der Waals surface area contributed by atoms with E-state index in [-0.39, 0.29) is 34.4 Å². The van der Waals surface area contributed by atoms with E-state index in [1.807, 2.05) is 100 Å². The predicted octanol–water partition coefficient (Wildman–Crippen LogP) is 4.51. The number of fused-ring (bicyclic) bond motifs is 3. The number of carbonyl (C=O) groups excluding carboxylic acids is 1. The topological polar surface area (TPSA) is 297 Å². The maximum atomic E-state index is 12.6. The number of benzene rings is 3. The summed E-state index contributed by atoms with van der Waals surface area (Å²) >= 11 is 4.08. The normalized spacial score (nSPS) is 31.4. The van der Waals surface area contributed by atoms with Crippen molar-refractivity contribution in [2.75, 3.05) is 49.1 Å². The zero-order chi connectivity index (χ0) is 61.7. The monoisotopic (exact) mass is 1240 g/mol. The van der Waals surface area contributed by atoms with Gasteiger partial charge in [-0.15, -0.1) is 6.58 Å². The third-order valence-corrected chi connectivity index (χ3v) is 18.8. The molecule has 0 spiro atoms. The van der Waals surface area contributed by atoms with Crippen LogP contribution >= 0.6 is 35.3 Å². The molecule has 6 heterocycles. The fourth-order valence-electron chi connectivity index (χ4n) is 10.5. The fraction of sp³-hybridized carbons (Fsp3) is 0.600. The molecule has 22 nitrogen and oxygen atoms in total. The first-order valence-electron chi connectivity index (χ1n) is 28.5. The van der Waals surface area contributed by atoms with E-state index in [0.29, 0.717) is 60.6 Å². The van der Waals surface area contributed by atoms with Gasteiger partial charge < -0.3 is 84.3 Å². The second kappa shape index (κ2) is 31.5. The minimum absolute atomic E-state index is 0.113. The van der Waals surface area contributed by atoms with Gasteiger partial charge in [0.05, 0.1) is 70.5 Å². The van der Waals surface area contributed by atoms with Gasteiger partial charge in [-0.2, -0.15) is 0 Å². The quantitative estimate of drug-likeness (QED) is 0.0792. The van der Waals surface area contributed by atoms with Crippen molar-refractivity contribution in [1.29, 1.82) is 0 Å². The van der Waals surface area contributed by atoms with Crippen LogP contribution in [0.25, 0.3) is 0 Å². The Morgan fingerprint density at radius 2 is 1.05 bits per heavy atom. The van der Waals surface area contributed by atoms with E-state index in [1.165, 1.54) is 40.2 Å². The standard InChI is InChI=1S/C26H38N2O6S.2C17H24N2O5S/c1-8-15-32-22-16(2)21(19(29)14-11-17-9-12-18(31-7)13-10-17)33-23-20(22)27-24(35-23)28(6)25(30)34-26(3,4)5;2*1-18-17-19-12-13(21)14(22)15(24-16(12)25-17)11(20)8-5-9-3-6-10(23-2)7-4-9/h8-10,12-13,16,19-23,29H,1,11,14-15H2,2-7H3;2*3-4,6-7,11-16,20-22H,5,8H2,1-2H3,(H,18,19)/t16-,19?,20-,21+,22+,23-;11-,12+,13+,14-,15+,16+;11-,12-,13-,14+,15-,16-/m101/s1. The third kappa shape index (κ3) is 17.8. The first kappa shape index (κ1) is 67.8. The molecule has 0 aromatic heterocycles. The van der Waals surface area contributed by atoms with Crippen LogP contribution in [-0.4, -0.2) is 218 Å². The molecule has 9 rings (SSSR count). The Balaban J connectivity index is 0.000000187. The Bertz CT molecular complexity index is 2580. The molecule has 3 aromatic rings. The summed E-state index contributed by atoms with van der Waals surface area (Å²) in [4.78, 5) is 26.9. The molecule has 3 aromatic carbocycles. The number of carbonyl (C=O) groups is 1. The van der Waals surface area contributed by atoms with Gasteiger partial charge in [0, 0.05) is 27.1 Å². The van der Waals surface area contributed by atoms with Crippen LogP contribution < -0.4 is 24.8 Å². The third-order valence-electron chi connectivity index (χ3n) is 15.3. The Labute approximate surface area is 511 Å². The number of amides is 1. The van der Waals surface area contributed by atoms with E-state index in [0.717, 1.165) is 33.9 Å². The summed E-state index contributed by atoms with van der Waals surface area (Å²) in [5.41, 5.74) is 1.49. The zero-order valence-electron chi connectivity index (χ0n) is 49.9. The number of nitrogens with zero attached hydrogens (tertiary/aromatic N) is 4. The van der Waals surface area contributed by atoms with Crippen LogP contribution in [0, 0.1) is 5.92 Å². The number of hydrogen-bond acceptors (Lipinski definition) is 22. The molecule has 9 N–H and O–H groups in total. The van der Waals surface area contributed by atoms with Gasteiger partial charge in [-0.3, -0.25) is 19.9 Å². The SMILES string of the molecule is C=CCO[C@H]1[C@H](C)[C@@H](C(O)CCc2ccc(OC)cc2)O[C@@H]2SC(N(C)C(=O)OC(C)(C)C)=N[C@H]12.CN=C1N[C@@H]2[C@@H](O)[C@H](O)[C@@H]([C@@H](O)CCc3ccc(OC)cc3)O[C@@H]2S1.CN=C1N[C@@H]2[C@@H](O)[C@H](O)[C@@H]([C@H](O)CCc3ccc(OC)cc3)O[C@@H]2S1. The van der Waals surface area contributed by atoms with Gasteiger partial charge in [0.2, 0.25) is 0 Å². The largest absolute Gasteiger partial charge is 0.497 e. The average Bonchev–Trinajstić information content (AvgIpc) is 4.47. The van der Waals surface area contributed by atoms with Crippen molar-refractivity contribution in [3.8, 4) is 17.2 Å². The molecular formula is C60H86N6O16S3. The molecular weight excluding hydrogens is 1160 g/mol. The molecule has 85 heavy (non-hydrogen) atoms. The first-order chi connectivity index (χ1) is 40.6. The molecule has 1 amide bonds. The molecule has 5 fully saturated rings. The van der Waals surface area contributed by atoms with Crippen molar-refractivity contribution in [3.05, 3.63) is 102 Å². The summed E-state index contributed by atoms with van der Waals surface area (Å²) in [6.07, 6.45) is -4.60. The van der Waals surface area contributed by atoms with E-state index in [1.54, 1.807) is 48.5 Å². The van der Waals surface area contributed by atoms with Crippen LogP contribution in [0.3, 0.4) is 0 Å². The van der Waals surface area contributed by atoms with Crippen LogP contribution in [0.15, 0.2) is 100 Å². The summed E-state index contributed by atoms with van der Waals surface area (Å²) in [7, 11) is 9.81. The Morgan fingerprint density at radius 3 is 1.41 bits per heavy atom. The molecule has 6 aliphatic heterocycles. The fourth-order valence-corrected chi connectivity index (χ4v) is 13.8. The average molecular weight is 1240 g/mol. The molecule has 1 unspecified atom stereocenters. The second-order valence-electron chi connectivity index (χ2n) is 22.4. The number of aliphatic imine (C=N–C) groups is 3. The van der Waals surface area contributed by atoms with Crippen molar-refractivity contribution in [3.63, 3.8) is 0 Å². The van der Waals surface area contributed by atoms with Gasteiger partial charge in [0.1, 0.15) is 81.8 Å². The number of thioether (sulfide) groups is 3. The number of aliphatic hydroxyl groups is 7. The molecule has 5 saturated heterocycles. The number of hydrogen-bond donors (Lipinski definition) is 9. The molecule has 0 radical (unpaired) electrons. The van der Waals surface area contributed by atoms with Crippen molar-refractivity contribution in [2.45, 2.75) is 173 Å². The lowest BCUT2D eigenvalue weighted by Crippen LogP contribution is -2.61. The van der Waals surface area contributed by atoms with Crippen LogP contribution in [-0.2, 0) is 42.9 Å². The second-order valence-corrected chi connectivity index (χ2v) is 25.6. The summed E-state index contributed by atoms with van der Waals surface area (Å²) in [6.45, 7) is 11.6. The lowest BCUT2D eigenvalue weighted by Gasteiger charge is -2.43. The maximum Gasteiger partial charge on any atom is 0.416 e. The number of rotatable bonds is 18. The van der Waals surface area contributed by atoms with Gasteiger partial charge in [-0.25, -0.2) is 4.79 Å². The molecule has 0 saturated carbocycles. The van der Waals surface area contributed by atoms with Crippen LogP contribution in [0.1, 0.15) is 63.6 Å². The van der Waals surface area contributed by atoms with Gasteiger partial charge in [0.25, 0.3) is 0 Å². The number of aryl methyl sites for hydroxylation is 3. The van der Waals surface area contributed by atoms with E-state index >= 15 is 0 Å². The smallest absolute Gasteiger partial charge is 0.416 e. The van der Waals surface area contributed by atoms with Crippen molar-refractivity contribution in [1.82, 2.24) is 15.5 Å². The Morgan fingerprint density at radius 1 is 0.659 bits per heavy atom. The van der Waals surface area contributed by atoms with Gasteiger partial charge in [-0.05, 0) is 112 Å². The maximum absolute atomic E-state index is 12.6. The van der Waals surface area contributed by atoms with Crippen molar-refractivity contribution < 1.29 is 78.4 Å². The summed E-state index contributed by atoms with van der Waals surface area (Å²) in [5, 5.41) is 81.3. The summed E-state index contributed by atoms with van der Waals surface area (Å²) < 4.78 is 45.1. The Kier molecular flexibility index (Phi) is 25.1. The van der Waals surface area contributed by atoms with Crippen molar-refractivity contribution in [2.24, 2.45) is 20.9 Å². The van der Waals surface area contributed by atoms with Crippen LogP contribution in [0.2, 0.25) is 0 Å². The predicted molar refractivity (Wildman–Crippen MR) is 330 cm³/mol. The lowest BCUT2D eigenvalue weighted by molar-refractivity contribution is -0.188. The van der Waals surface area contributed by atoms with Crippen molar-refractivity contribution >= 4 is 56.9 Å².